The Morgan fingerprint density at radius 3 is 2.60 bits per heavy atom. The van der Waals surface area contributed by atoms with Crippen LogP contribution in [0.1, 0.15) is 25.2 Å². The molecule has 0 spiro atoms. The molecular formula is C17H24N6O2. The maximum Gasteiger partial charge on any atom is 0.243 e. The summed E-state index contributed by atoms with van der Waals surface area (Å²) in [6, 6.07) is 4.94. The Morgan fingerprint density at radius 1 is 1.28 bits per heavy atom. The molecule has 2 rings (SSSR count). The lowest BCUT2D eigenvalue weighted by Crippen LogP contribution is -2.46. The molecule has 25 heavy (non-hydrogen) atoms. The highest BCUT2D eigenvalue weighted by atomic mass is 16.2. The van der Waals surface area contributed by atoms with Gasteiger partial charge in [0.15, 0.2) is 5.82 Å². The lowest BCUT2D eigenvalue weighted by atomic mass is 10.1. The van der Waals surface area contributed by atoms with E-state index in [9.17, 15) is 9.59 Å². The third kappa shape index (κ3) is 4.87. The van der Waals surface area contributed by atoms with Crippen molar-refractivity contribution in [2.24, 2.45) is 11.7 Å². The molecule has 2 aromatic rings. The lowest BCUT2D eigenvalue weighted by Gasteiger charge is -2.15. The summed E-state index contributed by atoms with van der Waals surface area (Å²) >= 11 is 0. The molecule has 5 N–H and O–H groups in total. The van der Waals surface area contributed by atoms with Crippen molar-refractivity contribution in [2.45, 2.75) is 33.7 Å². The number of aromatic nitrogens is 3. The smallest absolute Gasteiger partial charge is 0.243 e. The van der Waals surface area contributed by atoms with Crippen molar-refractivity contribution in [1.82, 2.24) is 20.5 Å². The fourth-order valence-electron chi connectivity index (χ4n) is 2.15. The number of aryl methyl sites for hydroxylation is 2. The summed E-state index contributed by atoms with van der Waals surface area (Å²) in [7, 11) is 0. The second-order valence-corrected chi connectivity index (χ2v) is 6.31. The number of rotatable bonds is 6. The Labute approximate surface area is 146 Å². The monoisotopic (exact) mass is 344 g/mol. The third-order valence-corrected chi connectivity index (χ3v) is 3.81. The SMILES string of the molecule is Cc1nc(-c2ccc(C)c(NC(=O)CNC(=O)[C@@H](N)C(C)C)c2)n[nH]1. The molecule has 0 fully saturated rings. The molecule has 0 aliphatic carbocycles. The number of hydrogen-bond donors (Lipinski definition) is 4. The van der Waals surface area contributed by atoms with Gasteiger partial charge in [0.2, 0.25) is 11.8 Å². The van der Waals surface area contributed by atoms with Gasteiger partial charge in [0, 0.05) is 11.3 Å². The molecule has 0 aliphatic heterocycles. The molecule has 0 saturated carbocycles. The van der Waals surface area contributed by atoms with Gasteiger partial charge in [0.05, 0.1) is 12.6 Å². The number of carbonyl (C=O) groups excluding carboxylic acids is 2. The Balaban J connectivity index is 2.02. The first-order valence-electron chi connectivity index (χ1n) is 8.11. The topological polar surface area (TPSA) is 126 Å². The summed E-state index contributed by atoms with van der Waals surface area (Å²) in [5.41, 5.74) is 8.08. The highest BCUT2D eigenvalue weighted by Gasteiger charge is 2.18. The van der Waals surface area contributed by atoms with Gasteiger partial charge in [-0.3, -0.25) is 14.7 Å². The van der Waals surface area contributed by atoms with E-state index in [4.69, 9.17) is 5.73 Å². The number of nitrogens with zero attached hydrogens (tertiary/aromatic N) is 2. The Kier molecular flexibility index (Phi) is 5.87. The molecule has 8 nitrogen and oxygen atoms in total. The van der Waals surface area contributed by atoms with Crippen LogP contribution in [0.2, 0.25) is 0 Å². The van der Waals surface area contributed by atoms with Crippen LogP contribution < -0.4 is 16.4 Å². The third-order valence-electron chi connectivity index (χ3n) is 3.81. The number of hydrogen-bond acceptors (Lipinski definition) is 5. The summed E-state index contributed by atoms with van der Waals surface area (Å²) in [4.78, 5) is 28.2. The molecule has 0 aliphatic rings. The predicted molar refractivity (Wildman–Crippen MR) is 95.7 cm³/mol. The van der Waals surface area contributed by atoms with Gasteiger partial charge in [0.1, 0.15) is 5.82 Å². The van der Waals surface area contributed by atoms with Crippen LogP contribution in [0.4, 0.5) is 5.69 Å². The largest absolute Gasteiger partial charge is 0.346 e. The minimum atomic E-state index is -0.633. The number of amides is 2. The van der Waals surface area contributed by atoms with Crippen molar-refractivity contribution in [2.75, 3.05) is 11.9 Å². The van der Waals surface area contributed by atoms with E-state index in [2.05, 4.69) is 25.8 Å². The van der Waals surface area contributed by atoms with E-state index >= 15 is 0 Å². The lowest BCUT2D eigenvalue weighted by molar-refractivity contribution is -0.125. The van der Waals surface area contributed by atoms with Crippen LogP contribution >= 0.6 is 0 Å². The van der Waals surface area contributed by atoms with E-state index < -0.39 is 6.04 Å². The fourth-order valence-corrected chi connectivity index (χ4v) is 2.15. The Hall–Kier alpha value is -2.74. The van der Waals surface area contributed by atoms with E-state index in [1.165, 1.54) is 0 Å². The predicted octanol–water partition coefficient (Wildman–Crippen LogP) is 1.13. The Bertz CT molecular complexity index is 768. The highest BCUT2D eigenvalue weighted by molar-refractivity contribution is 5.96. The molecule has 0 bridgehead atoms. The van der Waals surface area contributed by atoms with E-state index in [1.54, 1.807) is 6.07 Å². The van der Waals surface area contributed by atoms with Gasteiger partial charge < -0.3 is 16.4 Å². The van der Waals surface area contributed by atoms with Crippen LogP contribution in [0, 0.1) is 19.8 Å². The maximum absolute atomic E-state index is 12.1. The quantitative estimate of drug-likeness (QED) is 0.625. The molecular weight excluding hydrogens is 320 g/mol. The normalized spacial score (nSPS) is 12.1. The second kappa shape index (κ2) is 7.89. The molecule has 1 atom stereocenters. The number of anilines is 1. The van der Waals surface area contributed by atoms with E-state index in [0.717, 1.165) is 11.1 Å². The number of aromatic amines is 1. The summed E-state index contributed by atoms with van der Waals surface area (Å²) in [5.74, 6) is 0.615. The summed E-state index contributed by atoms with van der Waals surface area (Å²) in [6.45, 7) is 7.27. The zero-order chi connectivity index (χ0) is 18.6. The number of nitrogens with one attached hydrogen (secondary N) is 3. The average molecular weight is 344 g/mol. The van der Waals surface area contributed by atoms with Crippen molar-refractivity contribution in [3.05, 3.63) is 29.6 Å². The number of benzene rings is 1. The first-order valence-corrected chi connectivity index (χ1v) is 8.11. The van der Waals surface area contributed by atoms with Gasteiger partial charge in [-0.2, -0.15) is 5.10 Å². The van der Waals surface area contributed by atoms with E-state index in [1.807, 2.05) is 39.8 Å². The second-order valence-electron chi connectivity index (χ2n) is 6.31. The van der Waals surface area contributed by atoms with Crippen LogP contribution in [0.5, 0.6) is 0 Å². The van der Waals surface area contributed by atoms with E-state index in [0.29, 0.717) is 17.3 Å². The average Bonchev–Trinajstić information content (AvgIpc) is 3.00. The molecule has 1 heterocycles. The highest BCUT2D eigenvalue weighted by Crippen LogP contribution is 2.23. The molecule has 0 unspecified atom stereocenters. The summed E-state index contributed by atoms with van der Waals surface area (Å²) in [6.07, 6.45) is 0. The van der Waals surface area contributed by atoms with Gasteiger partial charge in [-0.1, -0.05) is 26.0 Å². The molecule has 0 radical (unpaired) electrons. The molecule has 0 saturated heterocycles. The molecule has 1 aromatic heterocycles. The van der Waals surface area contributed by atoms with Gasteiger partial charge in [-0.25, -0.2) is 4.98 Å². The van der Waals surface area contributed by atoms with Crippen LogP contribution in [-0.4, -0.2) is 39.6 Å². The van der Waals surface area contributed by atoms with Crippen LogP contribution in [0.15, 0.2) is 18.2 Å². The standard InChI is InChI=1S/C17H24N6O2/c1-9(2)15(18)17(25)19-8-14(24)21-13-7-12(6-5-10(13)3)16-20-11(4)22-23-16/h5-7,9,15H,8,18H2,1-4H3,(H,19,25)(H,21,24)(H,20,22,23)/t15-/m0/s1. The first-order chi connectivity index (χ1) is 11.8. The zero-order valence-corrected chi connectivity index (χ0v) is 14.9. The van der Waals surface area contributed by atoms with Gasteiger partial charge in [-0.05, 0) is 31.4 Å². The number of H-pyrrole nitrogens is 1. The first kappa shape index (κ1) is 18.6. The van der Waals surface area contributed by atoms with Crippen molar-refractivity contribution in [1.29, 1.82) is 0 Å². The van der Waals surface area contributed by atoms with Crippen molar-refractivity contribution >= 4 is 17.5 Å². The van der Waals surface area contributed by atoms with Crippen molar-refractivity contribution in [3.63, 3.8) is 0 Å². The van der Waals surface area contributed by atoms with Gasteiger partial charge in [0.25, 0.3) is 0 Å². The van der Waals surface area contributed by atoms with Crippen LogP contribution in [0.3, 0.4) is 0 Å². The van der Waals surface area contributed by atoms with Gasteiger partial charge in [-0.15, -0.1) is 0 Å². The van der Waals surface area contributed by atoms with Crippen molar-refractivity contribution in [3.8, 4) is 11.4 Å². The summed E-state index contributed by atoms with van der Waals surface area (Å²) in [5, 5.41) is 12.2. The molecule has 1 aromatic carbocycles. The number of carbonyl (C=O) groups is 2. The van der Waals surface area contributed by atoms with Crippen LogP contribution in [0.25, 0.3) is 11.4 Å². The minimum absolute atomic E-state index is 0.00629. The Morgan fingerprint density at radius 2 is 2.00 bits per heavy atom. The molecule has 2 amide bonds. The molecule has 134 valence electrons. The summed E-state index contributed by atoms with van der Waals surface area (Å²) < 4.78 is 0. The van der Waals surface area contributed by atoms with E-state index in [-0.39, 0.29) is 24.3 Å². The maximum atomic E-state index is 12.1. The zero-order valence-electron chi connectivity index (χ0n) is 14.9. The number of nitrogens with two attached hydrogens (primary N) is 1. The minimum Gasteiger partial charge on any atom is -0.346 e. The van der Waals surface area contributed by atoms with Gasteiger partial charge >= 0.3 is 0 Å². The van der Waals surface area contributed by atoms with Crippen LogP contribution in [-0.2, 0) is 9.59 Å². The van der Waals surface area contributed by atoms with Crippen molar-refractivity contribution < 1.29 is 9.59 Å². The molecule has 8 heteroatoms. The fraction of sp³-hybridized carbons (Fsp3) is 0.412.